The van der Waals surface area contributed by atoms with Crippen molar-refractivity contribution in [2.75, 3.05) is 0 Å². The van der Waals surface area contributed by atoms with Gasteiger partial charge in [-0.2, -0.15) is 5.21 Å². The van der Waals surface area contributed by atoms with Crippen molar-refractivity contribution in [2.24, 2.45) is 0 Å². The molecule has 0 saturated carbocycles. The van der Waals surface area contributed by atoms with Crippen LogP contribution in [0.3, 0.4) is 0 Å². The van der Waals surface area contributed by atoms with Crippen LogP contribution in [0.5, 0.6) is 0 Å². The molecule has 5 rings (SSSR count). The van der Waals surface area contributed by atoms with Crippen molar-refractivity contribution in [3.05, 3.63) is 71.3 Å². The van der Waals surface area contributed by atoms with Gasteiger partial charge in [-0.3, -0.25) is 4.79 Å². The molecule has 0 bridgehead atoms. The first-order chi connectivity index (χ1) is 16.2. The molecule has 0 aliphatic heterocycles. The number of hydrogen-bond acceptors (Lipinski definition) is 6. The Morgan fingerprint density at radius 3 is 2.55 bits per heavy atom. The second-order valence-electron chi connectivity index (χ2n) is 8.38. The number of rotatable bonds is 6. The van der Waals surface area contributed by atoms with Gasteiger partial charge in [0.1, 0.15) is 17.6 Å². The molecule has 168 valence electrons. The molecule has 33 heavy (non-hydrogen) atoms. The van der Waals surface area contributed by atoms with Crippen molar-refractivity contribution in [1.82, 2.24) is 30.2 Å². The van der Waals surface area contributed by atoms with E-state index in [0.29, 0.717) is 36.7 Å². The molecule has 0 spiro atoms. The zero-order chi connectivity index (χ0) is 22.8. The molecule has 1 aliphatic carbocycles. The molecule has 1 aliphatic rings. The fourth-order valence-electron chi connectivity index (χ4n) is 4.48. The van der Waals surface area contributed by atoms with E-state index in [2.05, 4.69) is 44.9 Å². The average Bonchev–Trinajstić information content (AvgIpc) is 3.46. The van der Waals surface area contributed by atoms with E-state index < -0.39 is 6.10 Å². The van der Waals surface area contributed by atoms with Crippen LogP contribution in [-0.4, -0.2) is 41.1 Å². The number of hydrogen-bond donors (Lipinski definition) is 2. The topological polar surface area (TPSA) is 110 Å². The quantitative estimate of drug-likeness (QED) is 0.435. The number of ketones is 1. The van der Waals surface area contributed by atoms with Gasteiger partial charge in [0.25, 0.3) is 0 Å². The summed E-state index contributed by atoms with van der Waals surface area (Å²) in [5.41, 5.74) is 5.48. The SMILES string of the molecule is CC[C@H](O)c1nc2c(n1Cc1ccc(-c3ccccc3-c3nn[nH]n3)cc1)C(=O)CCCC2. The van der Waals surface area contributed by atoms with Crippen LogP contribution in [0, 0.1) is 0 Å². The molecule has 0 fully saturated rings. The van der Waals surface area contributed by atoms with Crippen LogP contribution in [0.15, 0.2) is 48.5 Å². The first-order valence-corrected chi connectivity index (χ1v) is 11.4. The lowest BCUT2D eigenvalue weighted by atomic mass is 9.98. The summed E-state index contributed by atoms with van der Waals surface area (Å²) in [5, 5.41) is 25.0. The van der Waals surface area contributed by atoms with Gasteiger partial charge < -0.3 is 9.67 Å². The second kappa shape index (κ2) is 9.07. The number of nitrogens with one attached hydrogen (secondary N) is 1. The van der Waals surface area contributed by atoms with E-state index in [9.17, 15) is 9.90 Å². The van der Waals surface area contributed by atoms with Crippen LogP contribution in [-0.2, 0) is 13.0 Å². The normalized spacial score (nSPS) is 14.7. The Morgan fingerprint density at radius 1 is 1.06 bits per heavy atom. The summed E-state index contributed by atoms with van der Waals surface area (Å²) in [6.45, 7) is 2.42. The number of aromatic nitrogens is 6. The van der Waals surface area contributed by atoms with E-state index in [1.165, 1.54) is 0 Å². The number of aliphatic hydroxyl groups is 1. The number of nitrogens with zero attached hydrogens (tertiary/aromatic N) is 5. The summed E-state index contributed by atoms with van der Waals surface area (Å²) in [6, 6.07) is 16.2. The number of Topliss-reactive ketones (excluding diaryl/α,β-unsaturated/α-hetero) is 1. The number of aliphatic hydroxyl groups excluding tert-OH is 1. The summed E-state index contributed by atoms with van der Waals surface area (Å²) < 4.78 is 1.93. The van der Waals surface area contributed by atoms with E-state index in [1.807, 2.05) is 35.8 Å². The maximum absolute atomic E-state index is 12.9. The van der Waals surface area contributed by atoms with Crippen LogP contribution >= 0.6 is 0 Å². The molecule has 0 amide bonds. The Balaban J connectivity index is 1.49. The summed E-state index contributed by atoms with van der Waals surface area (Å²) in [6.07, 6.45) is 3.01. The minimum absolute atomic E-state index is 0.121. The predicted molar refractivity (Wildman–Crippen MR) is 124 cm³/mol. The first-order valence-electron chi connectivity index (χ1n) is 11.4. The molecule has 1 atom stereocenters. The van der Waals surface area contributed by atoms with Gasteiger partial charge in [-0.25, -0.2) is 4.98 Å². The molecule has 0 radical (unpaired) electrons. The summed E-state index contributed by atoms with van der Waals surface area (Å²) >= 11 is 0. The van der Waals surface area contributed by atoms with Crippen molar-refractivity contribution in [3.8, 4) is 22.5 Å². The lowest BCUT2D eigenvalue weighted by Crippen LogP contribution is -2.15. The number of carbonyl (C=O) groups excluding carboxylic acids is 1. The number of aromatic amines is 1. The van der Waals surface area contributed by atoms with E-state index in [0.717, 1.165) is 47.2 Å². The maximum atomic E-state index is 12.9. The van der Waals surface area contributed by atoms with Crippen LogP contribution in [0.1, 0.15) is 66.3 Å². The molecule has 4 aromatic rings. The van der Waals surface area contributed by atoms with Crippen molar-refractivity contribution >= 4 is 5.78 Å². The third-order valence-corrected chi connectivity index (χ3v) is 6.20. The Bertz CT molecular complexity index is 1260. The first kappa shape index (κ1) is 21.2. The summed E-state index contributed by atoms with van der Waals surface area (Å²) in [4.78, 5) is 17.6. The zero-order valence-corrected chi connectivity index (χ0v) is 18.5. The number of carbonyl (C=O) groups is 1. The van der Waals surface area contributed by atoms with Crippen molar-refractivity contribution in [3.63, 3.8) is 0 Å². The largest absolute Gasteiger partial charge is 0.385 e. The van der Waals surface area contributed by atoms with Crippen LogP contribution in [0.25, 0.3) is 22.5 Å². The molecule has 0 saturated heterocycles. The van der Waals surface area contributed by atoms with Gasteiger partial charge in [0.15, 0.2) is 5.78 Å². The van der Waals surface area contributed by atoms with Gasteiger partial charge in [-0.15, -0.1) is 10.2 Å². The van der Waals surface area contributed by atoms with Gasteiger partial charge >= 0.3 is 0 Å². The van der Waals surface area contributed by atoms with Crippen molar-refractivity contribution in [2.45, 2.75) is 51.7 Å². The summed E-state index contributed by atoms with van der Waals surface area (Å²) in [7, 11) is 0. The Kier molecular flexibility index (Phi) is 5.83. The lowest BCUT2D eigenvalue weighted by molar-refractivity contribution is 0.0971. The molecule has 8 heteroatoms. The second-order valence-corrected chi connectivity index (χ2v) is 8.38. The number of imidazole rings is 1. The monoisotopic (exact) mass is 442 g/mol. The summed E-state index contributed by atoms with van der Waals surface area (Å²) in [5.74, 6) is 1.26. The molecule has 2 aromatic carbocycles. The molecular weight excluding hydrogens is 416 g/mol. The fraction of sp³-hybridized carbons (Fsp3) is 0.320. The highest BCUT2D eigenvalue weighted by Gasteiger charge is 2.27. The van der Waals surface area contributed by atoms with Gasteiger partial charge in [0, 0.05) is 18.5 Å². The van der Waals surface area contributed by atoms with Crippen LogP contribution in [0.2, 0.25) is 0 Å². The van der Waals surface area contributed by atoms with E-state index in [1.54, 1.807) is 0 Å². The molecule has 2 aromatic heterocycles. The van der Waals surface area contributed by atoms with Gasteiger partial charge in [-0.1, -0.05) is 55.5 Å². The minimum Gasteiger partial charge on any atom is -0.385 e. The minimum atomic E-state index is -0.689. The highest BCUT2D eigenvalue weighted by molar-refractivity contribution is 5.96. The van der Waals surface area contributed by atoms with Gasteiger partial charge in [0.2, 0.25) is 5.82 Å². The Labute approximate surface area is 191 Å². The lowest BCUT2D eigenvalue weighted by Gasteiger charge is -2.15. The molecule has 8 nitrogen and oxygen atoms in total. The van der Waals surface area contributed by atoms with Crippen molar-refractivity contribution < 1.29 is 9.90 Å². The number of aryl methyl sites for hydroxylation is 1. The predicted octanol–water partition coefficient (Wildman–Crippen LogP) is 4.13. The third kappa shape index (κ3) is 4.09. The third-order valence-electron chi connectivity index (χ3n) is 6.20. The maximum Gasteiger partial charge on any atom is 0.205 e. The van der Waals surface area contributed by atoms with Crippen molar-refractivity contribution in [1.29, 1.82) is 0 Å². The number of benzene rings is 2. The van der Waals surface area contributed by atoms with Crippen LogP contribution in [0.4, 0.5) is 0 Å². The Hall–Kier alpha value is -3.65. The fourth-order valence-corrected chi connectivity index (χ4v) is 4.48. The highest BCUT2D eigenvalue weighted by atomic mass is 16.3. The van der Waals surface area contributed by atoms with Crippen LogP contribution < -0.4 is 0 Å². The van der Waals surface area contributed by atoms with E-state index >= 15 is 0 Å². The highest BCUT2D eigenvalue weighted by Crippen LogP contribution is 2.31. The molecule has 2 N–H and O–H groups in total. The average molecular weight is 443 g/mol. The van der Waals surface area contributed by atoms with E-state index in [-0.39, 0.29) is 5.78 Å². The zero-order valence-electron chi connectivity index (χ0n) is 18.5. The molecule has 0 unspecified atom stereocenters. The molecule has 2 heterocycles. The number of H-pyrrole nitrogens is 1. The standard InChI is InChI=1S/C25H26N6O2/c1-2-21(32)25-26-20-9-5-6-10-22(33)23(20)31(25)15-16-11-13-17(14-12-16)18-7-3-4-8-19(18)24-27-29-30-28-24/h3-4,7-8,11-14,21,32H,2,5-6,9-10,15H2,1H3,(H,27,28,29,30)/t21-/m0/s1. The van der Waals surface area contributed by atoms with E-state index in [4.69, 9.17) is 4.98 Å². The molecular formula is C25H26N6O2. The number of fused-ring (bicyclic) bond motifs is 1. The van der Waals surface area contributed by atoms with Gasteiger partial charge in [0.05, 0.1) is 5.69 Å². The van der Waals surface area contributed by atoms with Gasteiger partial charge in [-0.05, 0) is 47.6 Å². The Morgan fingerprint density at radius 2 is 1.82 bits per heavy atom. The number of tetrazole rings is 1. The smallest absolute Gasteiger partial charge is 0.205 e.